The number of nitrogens with one attached hydrogen (secondary N) is 1. The highest BCUT2D eigenvalue weighted by Gasteiger charge is 2.26. The van der Waals surface area contributed by atoms with Crippen LogP contribution in [0.1, 0.15) is 44.3 Å². The van der Waals surface area contributed by atoms with Gasteiger partial charge in [0.25, 0.3) is 0 Å². The fraction of sp³-hybridized carbons (Fsp3) is 0.611. The monoisotopic (exact) mass is 390 g/mol. The van der Waals surface area contributed by atoms with E-state index in [1.807, 2.05) is 4.68 Å². The normalized spacial score (nSPS) is 21.0. The van der Waals surface area contributed by atoms with Crippen molar-refractivity contribution < 1.29 is 8.42 Å². The van der Waals surface area contributed by atoms with E-state index in [1.54, 1.807) is 16.4 Å². The lowest BCUT2D eigenvalue weighted by Crippen LogP contribution is -2.35. The fourth-order valence-electron chi connectivity index (χ4n) is 3.71. The summed E-state index contributed by atoms with van der Waals surface area (Å²) in [5, 5.41) is 7.92. The second kappa shape index (κ2) is 7.55. The molecule has 2 aromatic heterocycles. The fourth-order valence-corrected chi connectivity index (χ4v) is 5.17. The summed E-state index contributed by atoms with van der Waals surface area (Å²) >= 11 is 0. The maximum absolute atomic E-state index is 12.7. The molecule has 0 amide bonds. The first-order valence-corrected chi connectivity index (χ1v) is 11.2. The first-order valence-electron chi connectivity index (χ1n) is 9.71. The highest BCUT2D eigenvalue weighted by Crippen LogP contribution is 2.22. The van der Waals surface area contributed by atoms with Crippen molar-refractivity contribution in [1.29, 1.82) is 0 Å². The Hall–Kier alpha value is -2.00. The summed E-state index contributed by atoms with van der Waals surface area (Å²) < 4.78 is 28.9. The van der Waals surface area contributed by atoms with Crippen molar-refractivity contribution >= 4 is 15.8 Å². The molecule has 2 aromatic rings. The van der Waals surface area contributed by atoms with Gasteiger partial charge in [0.05, 0.1) is 6.54 Å². The van der Waals surface area contributed by atoms with Gasteiger partial charge in [0, 0.05) is 38.2 Å². The van der Waals surface area contributed by atoms with Gasteiger partial charge in [-0.2, -0.15) is 9.40 Å². The molecule has 2 aliphatic heterocycles. The smallest absolute Gasteiger partial charge is 0.244 e. The van der Waals surface area contributed by atoms with Gasteiger partial charge in [-0.15, -0.1) is 0 Å². The molecule has 8 nitrogen and oxygen atoms in total. The highest BCUT2D eigenvalue weighted by atomic mass is 32.2. The average molecular weight is 391 g/mol. The number of pyridine rings is 1. The minimum Gasteiger partial charge on any atom is -0.365 e. The first kappa shape index (κ1) is 18.4. The van der Waals surface area contributed by atoms with Crippen LogP contribution in [0.2, 0.25) is 0 Å². The third-order valence-electron chi connectivity index (χ3n) is 5.26. The van der Waals surface area contributed by atoms with Crippen LogP contribution in [0.25, 0.3) is 0 Å². The lowest BCUT2D eigenvalue weighted by molar-refractivity contribution is 0.346. The number of aryl methyl sites for hydroxylation is 2. The summed E-state index contributed by atoms with van der Waals surface area (Å²) in [6, 6.07) is 3.62. The van der Waals surface area contributed by atoms with E-state index in [2.05, 4.69) is 27.3 Å². The van der Waals surface area contributed by atoms with Gasteiger partial charge in [0.2, 0.25) is 10.0 Å². The summed E-state index contributed by atoms with van der Waals surface area (Å²) in [7, 11) is -3.43. The number of anilines is 1. The van der Waals surface area contributed by atoms with Crippen LogP contribution >= 0.6 is 0 Å². The van der Waals surface area contributed by atoms with Gasteiger partial charge in [0.1, 0.15) is 16.5 Å². The number of nitrogens with zero attached hydrogens (tertiary/aromatic N) is 5. The number of piperidine rings is 1. The van der Waals surface area contributed by atoms with Gasteiger partial charge >= 0.3 is 0 Å². The third kappa shape index (κ3) is 3.84. The Bertz CT molecular complexity index is 887. The van der Waals surface area contributed by atoms with Crippen LogP contribution < -0.4 is 5.32 Å². The second-order valence-electron chi connectivity index (χ2n) is 7.20. The lowest BCUT2D eigenvalue weighted by atomic mass is 10.1. The number of sulfonamides is 1. The van der Waals surface area contributed by atoms with E-state index in [-0.39, 0.29) is 10.9 Å². The molecule has 1 unspecified atom stereocenters. The quantitative estimate of drug-likeness (QED) is 0.837. The molecule has 27 heavy (non-hydrogen) atoms. The summed E-state index contributed by atoms with van der Waals surface area (Å²) in [6.45, 7) is 4.01. The molecule has 1 N–H and O–H groups in total. The van der Waals surface area contributed by atoms with Crippen molar-refractivity contribution in [1.82, 2.24) is 24.1 Å². The van der Waals surface area contributed by atoms with Gasteiger partial charge < -0.3 is 5.32 Å². The molecule has 0 radical (unpaired) electrons. The lowest BCUT2D eigenvalue weighted by Gasteiger charge is -2.26. The molecule has 1 saturated heterocycles. The maximum atomic E-state index is 12.7. The molecule has 2 aliphatic rings. The van der Waals surface area contributed by atoms with Crippen molar-refractivity contribution in [3.8, 4) is 0 Å². The Labute approximate surface area is 160 Å². The van der Waals surface area contributed by atoms with Gasteiger partial charge in [-0.25, -0.2) is 23.1 Å². The average Bonchev–Trinajstić information content (AvgIpc) is 3.12. The van der Waals surface area contributed by atoms with Crippen LogP contribution in [0, 0.1) is 0 Å². The van der Waals surface area contributed by atoms with Crippen LogP contribution in [0.5, 0.6) is 0 Å². The molecule has 0 aliphatic carbocycles. The maximum Gasteiger partial charge on any atom is 0.244 e. The molecular weight excluding hydrogens is 364 g/mol. The third-order valence-corrected chi connectivity index (χ3v) is 7.14. The summed E-state index contributed by atoms with van der Waals surface area (Å²) in [5.74, 6) is 2.62. The van der Waals surface area contributed by atoms with E-state index < -0.39 is 10.0 Å². The SMILES string of the molecule is CCc1nc2n(n1)CC(Nc1ccc(S(=O)(=O)N3CCCCC3)cn1)CC2. The predicted molar refractivity (Wildman–Crippen MR) is 102 cm³/mol. The van der Waals surface area contributed by atoms with Crippen LogP contribution in [0.15, 0.2) is 23.2 Å². The molecule has 4 heterocycles. The minimum atomic E-state index is -3.43. The van der Waals surface area contributed by atoms with E-state index in [1.165, 1.54) is 6.20 Å². The predicted octanol–water partition coefficient (Wildman–Crippen LogP) is 1.84. The molecule has 0 bridgehead atoms. The topological polar surface area (TPSA) is 93.0 Å². The summed E-state index contributed by atoms with van der Waals surface area (Å²) in [5.41, 5.74) is 0. The van der Waals surface area contributed by atoms with E-state index in [0.717, 1.165) is 56.7 Å². The minimum absolute atomic E-state index is 0.209. The first-order chi connectivity index (χ1) is 13.1. The second-order valence-corrected chi connectivity index (χ2v) is 9.14. The zero-order valence-corrected chi connectivity index (χ0v) is 16.5. The van der Waals surface area contributed by atoms with Crippen molar-refractivity contribution in [3.05, 3.63) is 30.0 Å². The van der Waals surface area contributed by atoms with Crippen molar-refractivity contribution in [2.45, 2.75) is 62.9 Å². The van der Waals surface area contributed by atoms with Gasteiger partial charge in [-0.05, 0) is 31.4 Å². The number of rotatable bonds is 5. The Morgan fingerprint density at radius 3 is 2.74 bits per heavy atom. The largest absolute Gasteiger partial charge is 0.365 e. The highest BCUT2D eigenvalue weighted by molar-refractivity contribution is 7.89. The molecule has 1 atom stereocenters. The van der Waals surface area contributed by atoms with Crippen LogP contribution in [-0.2, 0) is 29.4 Å². The molecule has 0 aromatic carbocycles. The van der Waals surface area contributed by atoms with Crippen molar-refractivity contribution in [2.75, 3.05) is 18.4 Å². The standard InChI is InChI=1S/C18H26N6O2S/c1-2-16-21-18-9-6-14(13-24(18)22-16)20-17-8-7-15(12-19-17)27(25,26)23-10-4-3-5-11-23/h7-8,12,14H,2-6,9-11,13H2,1H3,(H,19,20). The van der Waals surface area contributed by atoms with Gasteiger partial charge in [-0.3, -0.25) is 0 Å². The number of hydrogen-bond donors (Lipinski definition) is 1. The molecular formula is C18H26N6O2S. The van der Waals surface area contributed by atoms with Gasteiger partial charge in [0.15, 0.2) is 5.82 Å². The Balaban J connectivity index is 1.42. The zero-order chi connectivity index (χ0) is 18.9. The molecule has 146 valence electrons. The van der Waals surface area contributed by atoms with E-state index >= 15 is 0 Å². The summed E-state index contributed by atoms with van der Waals surface area (Å²) in [4.78, 5) is 9.15. The van der Waals surface area contributed by atoms with E-state index in [9.17, 15) is 8.42 Å². The van der Waals surface area contributed by atoms with Crippen LogP contribution in [-0.4, -0.2) is 51.6 Å². The summed E-state index contributed by atoms with van der Waals surface area (Å²) in [6.07, 6.45) is 7.10. The number of aromatic nitrogens is 4. The molecule has 0 spiro atoms. The zero-order valence-electron chi connectivity index (χ0n) is 15.6. The van der Waals surface area contributed by atoms with Crippen molar-refractivity contribution in [2.24, 2.45) is 0 Å². The van der Waals surface area contributed by atoms with E-state index in [4.69, 9.17) is 0 Å². The van der Waals surface area contributed by atoms with Crippen LogP contribution in [0.3, 0.4) is 0 Å². The molecule has 4 rings (SSSR count). The van der Waals surface area contributed by atoms with Crippen LogP contribution in [0.4, 0.5) is 5.82 Å². The van der Waals surface area contributed by atoms with Crippen molar-refractivity contribution in [3.63, 3.8) is 0 Å². The Morgan fingerprint density at radius 1 is 1.22 bits per heavy atom. The molecule has 0 saturated carbocycles. The Kier molecular flexibility index (Phi) is 5.14. The number of fused-ring (bicyclic) bond motifs is 1. The Morgan fingerprint density at radius 2 is 2.04 bits per heavy atom. The number of hydrogen-bond acceptors (Lipinski definition) is 6. The molecule has 9 heteroatoms. The molecule has 1 fully saturated rings. The van der Waals surface area contributed by atoms with E-state index in [0.29, 0.717) is 18.9 Å². The van der Waals surface area contributed by atoms with Gasteiger partial charge in [-0.1, -0.05) is 13.3 Å².